The monoisotopic (exact) mass is 403 g/mol. The van der Waals surface area contributed by atoms with Crippen LogP contribution in [0.1, 0.15) is 37.3 Å². The number of aryl methyl sites for hydroxylation is 2. The van der Waals surface area contributed by atoms with Crippen molar-refractivity contribution in [1.29, 1.82) is 0 Å². The number of nitrogens with zero attached hydrogens (tertiary/aromatic N) is 2. The van der Waals surface area contributed by atoms with Crippen molar-refractivity contribution in [2.75, 3.05) is 5.32 Å². The number of fused-ring (bicyclic) bond motifs is 1. The summed E-state index contributed by atoms with van der Waals surface area (Å²) in [5.74, 6) is 0.743. The molecule has 0 unspecified atom stereocenters. The van der Waals surface area contributed by atoms with Crippen molar-refractivity contribution in [3.8, 4) is 0 Å². The maximum absolute atomic E-state index is 6.20. The topological polar surface area (TPSA) is 37.8 Å². The van der Waals surface area contributed by atoms with E-state index in [2.05, 4.69) is 22.4 Å². The highest BCUT2D eigenvalue weighted by Gasteiger charge is 2.15. The van der Waals surface area contributed by atoms with Gasteiger partial charge in [0, 0.05) is 14.7 Å². The van der Waals surface area contributed by atoms with Gasteiger partial charge < -0.3 is 5.32 Å². The maximum Gasteiger partial charge on any atom is 0.188 e. The molecule has 1 aliphatic carbocycles. The molecule has 2 heterocycles. The van der Waals surface area contributed by atoms with Crippen molar-refractivity contribution in [1.82, 2.24) is 9.97 Å². The van der Waals surface area contributed by atoms with E-state index in [0.29, 0.717) is 5.15 Å². The van der Waals surface area contributed by atoms with Crippen LogP contribution in [0.15, 0.2) is 52.3 Å². The van der Waals surface area contributed by atoms with Crippen LogP contribution in [-0.2, 0) is 12.8 Å². The van der Waals surface area contributed by atoms with Crippen LogP contribution >= 0.6 is 34.7 Å². The van der Waals surface area contributed by atoms with Gasteiger partial charge in [0.05, 0.1) is 5.69 Å². The average molecular weight is 404 g/mol. The number of pyridine rings is 1. The van der Waals surface area contributed by atoms with Gasteiger partial charge in [0.1, 0.15) is 11.0 Å². The lowest BCUT2D eigenvalue weighted by Gasteiger charge is -2.06. The minimum absolute atomic E-state index is 0.486. The van der Waals surface area contributed by atoms with Crippen LogP contribution in [-0.4, -0.2) is 9.97 Å². The molecule has 136 valence electrons. The van der Waals surface area contributed by atoms with Crippen molar-refractivity contribution >= 4 is 45.6 Å². The van der Waals surface area contributed by atoms with Crippen molar-refractivity contribution in [2.45, 2.75) is 49.3 Å². The van der Waals surface area contributed by atoms with E-state index in [1.165, 1.54) is 28.3 Å². The fourth-order valence-corrected chi connectivity index (χ4v) is 4.97. The molecule has 0 amide bonds. The van der Waals surface area contributed by atoms with E-state index >= 15 is 0 Å². The Morgan fingerprint density at radius 1 is 1.00 bits per heavy atom. The molecule has 0 fully saturated rings. The predicted molar refractivity (Wildman–Crippen MR) is 113 cm³/mol. The van der Waals surface area contributed by atoms with E-state index in [4.69, 9.17) is 16.6 Å². The zero-order valence-corrected chi connectivity index (χ0v) is 17.3. The summed E-state index contributed by atoms with van der Waals surface area (Å²) < 4.78 is 0. The van der Waals surface area contributed by atoms with Gasteiger partial charge in [-0.3, -0.25) is 0 Å². The highest BCUT2D eigenvalue weighted by molar-refractivity contribution is 7.99. The average Bonchev–Trinajstić information content (AvgIpc) is 3.06. The number of hydrogen-bond acceptors (Lipinski definition) is 5. The first-order chi connectivity index (χ1) is 12.8. The Balaban J connectivity index is 0.000000948. The first-order valence-corrected chi connectivity index (χ1v) is 10.9. The van der Waals surface area contributed by atoms with Gasteiger partial charge in [0.15, 0.2) is 5.13 Å². The van der Waals surface area contributed by atoms with Crippen molar-refractivity contribution in [3.05, 3.63) is 58.2 Å². The van der Waals surface area contributed by atoms with Gasteiger partial charge in [-0.05, 0) is 49.9 Å². The van der Waals surface area contributed by atoms with E-state index in [9.17, 15) is 0 Å². The summed E-state index contributed by atoms with van der Waals surface area (Å²) >= 11 is 9.61. The fraction of sp³-hybridized carbons (Fsp3) is 0.300. The zero-order valence-electron chi connectivity index (χ0n) is 15.0. The molecule has 4 rings (SSSR count). The summed E-state index contributed by atoms with van der Waals surface area (Å²) in [5.41, 5.74) is 1.25. The van der Waals surface area contributed by atoms with Gasteiger partial charge in [-0.1, -0.05) is 55.4 Å². The van der Waals surface area contributed by atoms with Crippen molar-refractivity contribution in [3.63, 3.8) is 0 Å². The number of hydrogen-bond donors (Lipinski definition) is 1. The first-order valence-electron chi connectivity index (χ1n) is 8.92. The minimum atomic E-state index is 0.486. The van der Waals surface area contributed by atoms with Crippen molar-refractivity contribution < 1.29 is 0 Å². The van der Waals surface area contributed by atoms with Gasteiger partial charge in [-0.2, -0.15) is 0 Å². The zero-order chi connectivity index (χ0) is 18.4. The van der Waals surface area contributed by atoms with Crippen LogP contribution in [0.25, 0.3) is 0 Å². The molecule has 2 aromatic heterocycles. The normalized spacial score (nSPS) is 12.7. The van der Waals surface area contributed by atoms with Gasteiger partial charge in [-0.15, -0.1) is 11.3 Å². The van der Waals surface area contributed by atoms with E-state index in [1.54, 1.807) is 23.1 Å². The molecule has 1 aliphatic rings. The summed E-state index contributed by atoms with van der Waals surface area (Å²) in [6.45, 7) is 4.00. The molecule has 26 heavy (non-hydrogen) atoms. The Morgan fingerprint density at radius 2 is 1.77 bits per heavy atom. The minimum Gasteiger partial charge on any atom is -0.316 e. The lowest BCUT2D eigenvalue weighted by atomic mass is 10.0. The molecular formula is C20H22ClN3S2. The van der Waals surface area contributed by atoms with E-state index < -0.39 is 0 Å². The molecule has 0 saturated carbocycles. The second-order valence-corrected chi connectivity index (χ2v) is 8.26. The van der Waals surface area contributed by atoms with Crippen LogP contribution in [0.3, 0.4) is 0 Å². The van der Waals surface area contributed by atoms with Crippen LogP contribution in [0.2, 0.25) is 5.15 Å². The maximum atomic E-state index is 6.20. The highest BCUT2D eigenvalue weighted by atomic mass is 35.5. The van der Waals surface area contributed by atoms with E-state index in [-0.39, 0.29) is 0 Å². The Bertz CT molecular complexity index is 826. The summed E-state index contributed by atoms with van der Waals surface area (Å²) in [6, 6.07) is 14.2. The van der Waals surface area contributed by atoms with Gasteiger partial charge in [-0.25, -0.2) is 9.97 Å². The molecule has 1 N–H and O–H groups in total. The third kappa shape index (κ3) is 5.00. The number of anilines is 2. The molecule has 0 saturated heterocycles. The van der Waals surface area contributed by atoms with Gasteiger partial charge in [0.2, 0.25) is 0 Å². The molecule has 0 bridgehead atoms. The Kier molecular flexibility index (Phi) is 6.94. The number of benzene rings is 1. The standard InChI is InChI=1S/C18H16ClN3S2.C2H6/c19-16-10-13(23-12-6-2-1-3-7-12)11-17(21-16)22-18-20-14-8-4-5-9-15(14)24-18;1-2/h1-3,6-7,10-11H,4-5,8-9H2,(H,20,21,22);1-2H3. The second kappa shape index (κ2) is 9.40. The van der Waals surface area contributed by atoms with E-state index in [0.717, 1.165) is 28.7 Å². The number of rotatable bonds is 4. The SMILES string of the molecule is CC.Clc1cc(Sc2ccccc2)cc(Nc2nc3c(s2)CCCC3)n1. The Hall–Kier alpha value is -1.56. The molecule has 1 aromatic carbocycles. The lowest BCUT2D eigenvalue weighted by Crippen LogP contribution is -1.99. The number of nitrogens with one attached hydrogen (secondary N) is 1. The van der Waals surface area contributed by atoms with Gasteiger partial charge >= 0.3 is 0 Å². The summed E-state index contributed by atoms with van der Waals surface area (Å²) in [5, 5.41) is 4.72. The molecule has 0 radical (unpaired) electrons. The van der Waals surface area contributed by atoms with Gasteiger partial charge in [0.25, 0.3) is 0 Å². The first kappa shape index (κ1) is 19.2. The summed E-state index contributed by atoms with van der Waals surface area (Å²) in [7, 11) is 0. The molecule has 0 aliphatic heterocycles. The highest BCUT2D eigenvalue weighted by Crippen LogP contribution is 2.34. The van der Waals surface area contributed by atoms with Crippen LogP contribution in [0, 0.1) is 0 Å². The molecule has 3 aromatic rings. The third-order valence-electron chi connectivity index (χ3n) is 3.83. The second-order valence-electron chi connectivity index (χ2n) is 5.65. The molecule has 0 atom stereocenters. The number of halogens is 1. The summed E-state index contributed by atoms with van der Waals surface area (Å²) in [4.78, 5) is 12.7. The van der Waals surface area contributed by atoms with Crippen LogP contribution < -0.4 is 5.32 Å². The quantitative estimate of drug-likeness (QED) is 0.476. The molecule has 6 heteroatoms. The van der Waals surface area contributed by atoms with Crippen molar-refractivity contribution in [2.24, 2.45) is 0 Å². The predicted octanol–water partition coefficient (Wildman–Crippen LogP) is 6.99. The molecular weight excluding hydrogens is 382 g/mol. The fourth-order valence-electron chi connectivity index (χ4n) is 2.74. The number of aromatic nitrogens is 2. The van der Waals surface area contributed by atoms with E-state index in [1.807, 2.05) is 44.2 Å². The van der Waals surface area contributed by atoms with Crippen LogP contribution in [0.5, 0.6) is 0 Å². The Labute approximate surface area is 168 Å². The van der Waals surface area contributed by atoms with Crippen LogP contribution in [0.4, 0.5) is 10.9 Å². The molecule has 0 spiro atoms. The summed E-state index contributed by atoms with van der Waals surface area (Å²) in [6.07, 6.45) is 4.74. The lowest BCUT2D eigenvalue weighted by molar-refractivity contribution is 0.683. The Morgan fingerprint density at radius 3 is 2.54 bits per heavy atom. The smallest absolute Gasteiger partial charge is 0.188 e. The largest absolute Gasteiger partial charge is 0.316 e. The molecule has 3 nitrogen and oxygen atoms in total. The number of thiazole rings is 1. The third-order valence-corrected chi connectivity index (χ3v) is 6.07.